The number of sulfonamides is 1. The first-order valence-corrected chi connectivity index (χ1v) is 12.0. The van der Waals surface area contributed by atoms with Crippen LogP contribution in [-0.2, 0) is 14.8 Å². The van der Waals surface area contributed by atoms with Crippen LogP contribution in [0, 0.1) is 0 Å². The SMILES string of the molecule is O=C(CSc1nc2ccccc2s1)Nc1ccc(S(=O)(=O)Nc2ncccn2)cc1. The highest BCUT2D eigenvalue weighted by Crippen LogP contribution is 2.29. The second kappa shape index (κ2) is 8.78. The third-order valence-corrected chi connectivity index (χ3v) is 7.36. The van der Waals surface area contributed by atoms with Crippen LogP contribution in [0.2, 0.25) is 0 Å². The molecule has 4 rings (SSSR count). The summed E-state index contributed by atoms with van der Waals surface area (Å²) in [6, 6.07) is 15.3. The smallest absolute Gasteiger partial charge is 0.264 e. The van der Waals surface area contributed by atoms with E-state index in [4.69, 9.17) is 0 Å². The molecule has 0 bridgehead atoms. The molecule has 152 valence electrons. The van der Waals surface area contributed by atoms with Crippen molar-refractivity contribution in [1.82, 2.24) is 15.0 Å². The number of amides is 1. The molecule has 11 heteroatoms. The number of aromatic nitrogens is 3. The first-order chi connectivity index (χ1) is 14.5. The number of thiazole rings is 1. The van der Waals surface area contributed by atoms with E-state index >= 15 is 0 Å². The largest absolute Gasteiger partial charge is 0.325 e. The van der Waals surface area contributed by atoms with Gasteiger partial charge in [0.05, 0.1) is 20.9 Å². The Morgan fingerprint density at radius 1 is 1.00 bits per heavy atom. The van der Waals surface area contributed by atoms with Gasteiger partial charge in [-0.3, -0.25) is 4.79 Å². The summed E-state index contributed by atoms with van der Waals surface area (Å²) in [5, 5.41) is 2.75. The molecule has 2 aromatic carbocycles. The minimum atomic E-state index is -3.82. The lowest BCUT2D eigenvalue weighted by molar-refractivity contribution is -0.113. The van der Waals surface area contributed by atoms with Crippen molar-refractivity contribution in [3.05, 3.63) is 67.0 Å². The van der Waals surface area contributed by atoms with E-state index in [9.17, 15) is 13.2 Å². The van der Waals surface area contributed by atoms with Gasteiger partial charge in [0.25, 0.3) is 10.0 Å². The molecule has 0 fully saturated rings. The Balaban J connectivity index is 1.35. The molecular weight excluding hydrogens is 442 g/mol. The number of hydrogen-bond donors (Lipinski definition) is 2. The van der Waals surface area contributed by atoms with Crippen LogP contribution < -0.4 is 10.0 Å². The summed E-state index contributed by atoms with van der Waals surface area (Å²) in [5.41, 5.74) is 1.41. The fourth-order valence-electron chi connectivity index (χ4n) is 2.49. The number of anilines is 2. The summed E-state index contributed by atoms with van der Waals surface area (Å²) in [4.78, 5) is 24.4. The van der Waals surface area contributed by atoms with Crippen LogP contribution in [0.1, 0.15) is 0 Å². The number of para-hydroxylation sites is 1. The zero-order valence-electron chi connectivity index (χ0n) is 15.3. The molecule has 0 radical (unpaired) electrons. The van der Waals surface area contributed by atoms with Crippen LogP contribution in [0.4, 0.5) is 11.6 Å². The van der Waals surface area contributed by atoms with Gasteiger partial charge in [0.1, 0.15) is 0 Å². The first kappa shape index (κ1) is 20.3. The fraction of sp³-hybridized carbons (Fsp3) is 0.0526. The molecule has 0 saturated heterocycles. The number of thioether (sulfide) groups is 1. The van der Waals surface area contributed by atoms with Crippen molar-refractivity contribution < 1.29 is 13.2 Å². The van der Waals surface area contributed by atoms with E-state index in [1.54, 1.807) is 6.07 Å². The monoisotopic (exact) mass is 457 g/mol. The maximum absolute atomic E-state index is 12.4. The molecule has 4 aromatic rings. The number of benzene rings is 2. The lowest BCUT2D eigenvalue weighted by atomic mass is 10.3. The van der Waals surface area contributed by atoms with Crippen molar-refractivity contribution in [1.29, 1.82) is 0 Å². The predicted molar refractivity (Wildman–Crippen MR) is 118 cm³/mol. The number of carbonyl (C=O) groups excluding carboxylic acids is 1. The van der Waals surface area contributed by atoms with E-state index < -0.39 is 10.0 Å². The topological polar surface area (TPSA) is 114 Å². The molecule has 2 N–H and O–H groups in total. The average molecular weight is 458 g/mol. The fourth-order valence-corrected chi connectivity index (χ4v) is 5.31. The summed E-state index contributed by atoms with van der Waals surface area (Å²) < 4.78 is 29.0. The highest BCUT2D eigenvalue weighted by Gasteiger charge is 2.15. The van der Waals surface area contributed by atoms with E-state index in [-0.39, 0.29) is 22.5 Å². The molecular formula is C19H15N5O3S3. The maximum Gasteiger partial charge on any atom is 0.264 e. The van der Waals surface area contributed by atoms with Crippen molar-refractivity contribution in [3.63, 3.8) is 0 Å². The Labute approximate surface area is 180 Å². The van der Waals surface area contributed by atoms with Crippen molar-refractivity contribution >= 4 is 60.9 Å². The van der Waals surface area contributed by atoms with Crippen molar-refractivity contribution in [2.75, 3.05) is 15.8 Å². The molecule has 0 saturated carbocycles. The third-order valence-electron chi connectivity index (χ3n) is 3.84. The molecule has 2 aromatic heterocycles. The molecule has 0 aliphatic heterocycles. The van der Waals surface area contributed by atoms with Crippen LogP contribution in [-0.4, -0.2) is 35.0 Å². The predicted octanol–water partition coefficient (Wildman–Crippen LogP) is 3.62. The van der Waals surface area contributed by atoms with E-state index in [1.807, 2.05) is 24.3 Å². The van der Waals surface area contributed by atoms with Gasteiger partial charge in [-0.25, -0.2) is 28.1 Å². The standard InChI is InChI=1S/C19H15N5O3S3/c25-17(12-28-19-23-15-4-1-2-5-16(15)29-19)22-13-6-8-14(9-7-13)30(26,27)24-18-20-10-3-11-21-18/h1-11H,12H2,(H,22,25)(H,20,21,24). The van der Waals surface area contributed by atoms with Crippen LogP contribution in [0.15, 0.2) is 76.2 Å². The summed E-state index contributed by atoms with van der Waals surface area (Å²) in [5.74, 6) is -0.0142. The van der Waals surface area contributed by atoms with Crippen LogP contribution in [0.25, 0.3) is 10.2 Å². The molecule has 0 unspecified atom stereocenters. The lowest BCUT2D eigenvalue weighted by Gasteiger charge is -2.08. The number of nitrogens with one attached hydrogen (secondary N) is 2. The highest BCUT2D eigenvalue weighted by molar-refractivity contribution is 8.01. The first-order valence-electron chi connectivity index (χ1n) is 8.68. The van der Waals surface area contributed by atoms with Crippen LogP contribution >= 0.6 is 23.1 Å². The quantitative estimate of drug-likeness (QED) is 0.407. The van der Waals surface area contributed by atoms with Gasteiger partial charge < -0.3 is 5.32 Å². The zero-order chi connectivity index (χ0) is 21.0. The molecule has 30 heavy (non-hydrogen) atoms. The molecule has 0 spiro atoms. The van der Waals surface area contributed by atoms with Gasteiger partial charge >= 0.3 is 0 Å². The van der Waals surface area contributed by atoms with Crippen LogP contribution in [0.5, 0.6) is 0 Å². The second-order valence-electron chi connectivity index (χ2n) is 5.99. The van der Waals surface area contributed by atoms with E-state index in [0.717, 1.165) is 14.6 Å². The van der Waals surface area contributed by atoms with Crippen molar-refractivity contribution in [2.45, 2.75) is 9.24 Å². The molecule has 1 amide bonds. The Kier molecular flexibility index (Phi) is 5.93. The molecule has 2 heterocycles. The number of rotatable bonds is 7. The average Bonchev–Trinajstić information content (AvgIpc) is 3.16. The second-order valence-corrected chi connectivity index (χ2v) is 9.92. The van der Waals surface area contributed by atoms with Gasteiger partial charge in [-0.15, -0.1) is 11.3 Å². The van der Waals surface area contributed by atoms with Gasteiger partial charge in [0.15, 0.2) is 4.34 Å². The molecule has 0 atom stereocenters. The number of hydrogen-bond acceptors (Lipinski definition) is 8. The molecule has 0 aliphatic rings. The molecule has 0 aliphatic carbocycles. The Hall–Kier alpha value is -3.02. The Morgan fingerprint density at radius 3 is 2.47 bits per heavy atom. The van der Waals surface area contributed by atoms with Gasteiger partial charge in [-0.05, 0) is 42.5 Å². The van der Waals surface area contributed by atoms with Gasteiger partial charge in [-0.2, -0.15) is 0 Å². The minimum absolute atomic E-state index is 0.0123. The van der Waals surface area contributed by atoms with E-state index in [0.29, 0.717) is 5.69 Å². The summed E-state index contributed by atoms with van der Waals surface area (Å²) >= 11 is 2.90. The number of fused-ring (bicyclic) bond motifs is 1. The molecule has 8 nitrogen and oxygen atoms in total. The van der Waals surface area contributed by atoms with Crippen LogP contribution in [0.3, 0.4) is 0 Å². The summed E-state index contributed by atoms with van der Waals surface area (Å²) in [7, 11) is -3.82. The zero-order valence-corrected chi connectivity index (χ0v) is 17.8. The van der Waals surface area contributed by atoms with Gasteiger partial charge in [0.2, 0.25) is 11.9 Å². The third kappa shape index (κ3) is 4.93. The lowest BCUT2D eigenvalue weighted by Crippen LogP contribution is -2.16. The Morgan fingerprint density at radius 2 is 1.73 bits per heavy atom. The van der Waals surface area contributed by atoms with Gasteiger partial charge in [0, 0.05) is 18.1 Å². The van der Waals surface area contributed by atoms with Crippen molar-refractivity contribution in [2.24, 2.45) is 0 Å². The minimum Gasteiger partial charge on any atom is -0.325 e. The van der Waals surface area contributed by atoms with E-state index in [1.165, 1.54) is 59.8 Å². The summed E-state index contributed by atoms with van der Waals surface area (Å²) in [6.07, 6.45) is 2.88. The van der Waals surface area contributed by atoms with E-state index in [2.05, 4.69) is 25.0 Å². The maximum atomic E-state index is 12.4. The summed E-state index contributed by atoms with van der Waals surface area (Å²) in [6.45, 7) is 0. The number of carbonyl (C=O) groups is 1. The number of nitrogens with zero attached hydrogens (tertiary/aromatic N) is 3. The highest BCUT2D eigenvalue weighted by atomic mass is 32.2. The normalized spacial score (nSPS) is 11.3. The van der Waals surface area contributed by atoms with Gasteiger partial charge in [-0.1, -0.05) is 23.9 Å². The van der Waals surface area contributed by atoms with Crippen molar-refractivity contribution in [3.8, 4) is 0 Å². The Bertz CT molecular complexity index is 1240.